The Morgan fingerprint density at radius 1 is 1.56 bits per heavy atom. The number of nitrogens with zero attached hydrogens (tertiary/aromatic N) is 2. The van der Waals surface area contributed by atoms with Crippen LogP contribution in [-0.4, -0.2) is 28.6 Å². The molecule has 18 heavy (non-hydrogen) atoms. The molecule has 0 aliphatic carbocycles. The first-order valence-electron chi connectivity index (χ1n) is 5.44. The zero-order valence-electron chi connectivity index (χ0n) is 9.38. The molecule has 96 valence electrons. The van der Waals surface area contributed by atoms with Gasteiger partial charge in [0, 0.05) is 12.6 Å². The molecule has 0 unspecified atom stereocenters. The average Bonchev–Trinajstić information content (AvgIpc) is 2.77. The van der Waals surface area contributed by atoms with E-state index in [0.29, 0.717) is 19.4 Å². The van der Waals surface area contributed by atoms with Crippen molar-refractivity contribution in [1.82, 2.24) is 0 Å². The second-order valence-corrected chi connectivity index (χ2v) is 4.46. The standard InChI is InChI=1S/C11H11ClN2O4/c12-7-3-1-4-8(14(17)18)10(7)13-6-2-5-9(13)11(15)16/h1,3-4,9H,2,5-6H2,(H,15,16)/t9-/m0/s1. The molecule has 1 aliphatic heterocycles. The molecule has 1 aliphatic rings. The van der Waals surface area contributed by atoms with Crippen LogP contribution in [0.1, 0.15) is 12.8 Å². The normalized spacial score (nSPS) is 18.9. The molecule has 0 amide bonds. The summed E-state index contributed by atoms with van der Waals surface area (Å²) in [6, 6.07) is 3.60. The third-order valence-electron chi connectivity index (χ3n) is 2.99. The molecular weight excluding hydrogens is 260 g/mol. The molecule has 6 nitrogen and oxygen atoms in total. The second kappa shape index (κ2) is 4.81. The summed E-state index contributed by atoms with van der Waals surface area (Å²) in [7, 11) is 0. The first-order chi connectivity index (χ1) is 8.52. The molecule has 0 bridgehead atoms. The van der Waals surface area contributed by atoms with Gasteiger partial charge in [-0.15, -0.1) is 0 Å². The van der Waals surface area contributed by atoms with Crippen LogP contribution in [0.2, 0.25) is 5.02 Å². The predicted octanol–water partition coefficient (Wildman–Crippen LogP) is 2.30. The van der Waals surface area contributed by atoms with Crippen molar-refractivity contribution >= 4 is 28.9 Å². The van der Waals surface area contributed by atoms with Crippen LogP contribution in [0.4, 0.5) is 11.4 Å². The molecule has 1 N–H and O–H groups in total. The molecular formula is C11H11ClN2O4. The van der Waals surface area contributed by atoms with Gasteiger partial charge in [-0.3, -0.25) is 10.1 Å². The molecule has 1 atom stereocenters. The van der Waals surface area contributed by atoms with E-state index in [4.69, 9.17) is 16.7 Å². The second-order valence-electron chi connectivity index (χ2n) is 4.05. The Morgan fingerprint density at radius 2 is 2.28 bits per heavy atom. The molecule has 2 rings (SSSR count). The van der Waals surface area contributed by atoms with Crippen molar-refractivity contribution in [3.63, 3.8) is 0 Å². The molecule has 0 spiro atoms. The number of nitro benzene ring substituents is 1. The lowest BCUT2D eigenvalue weighted by molar-refractivity contribution is -0.384. The molecule has 7 heteroatoms. The van der Waals surface area contributed by atoms with Gasteiger partial charge >= 0.3 is 5.97 Å². The molecule has 1 saturated heterocycles. The van der Waals surface area contributed by atoms with Gasteiger partial charge in [-0.05, 0) is 18.9 Å². The van der Waals surface area contributed by atoms with Crippen LogP contribution < -0.4 is 4.90 Å². The van der Waals surface area contributed by atoms with Crippen molar-refractivity contribution in [1.29, 1.82) is 0 Å². The molecule has 1 fully saturated rings. The first-order valence-corrected chi connectivity index (χ1v) is 5.82. The number of nitro groups is 1. The number of halogens is 1. The summed E-state index contributed by atoms with van der Waals surface area (Å²) in [4.78, 5) is 23.1. The Hall–Kier alpha value is -1.82. The van der Waals surface area contributed by atoms with Gasteiger partial charge in [-0.25, -0.2) is 4.79 Å². The Balaban J connectivity index is 2.50. The summed E-state index contributed by atoms with van der Waals surface area (Å²) in [6.07, 6.45) is 1.15. The summed E-state index contributed by atoms with van der Waals surface area (Å²) in [5.74, 6) is -0.985. The number of para-hydroxylation sites is 1. The Morgan fingerprint density at radius 3 is 2.89 bits per heavy atom. The molecule has 0 radical (unpaired) electrons. The van der Waals surface area contributed by atoms with Gasteiger partial charge in [0.1, 0.15) is 11.7 Å². The number of aliphatic carboxylic acids is 1. The fourth-order valence-electron chi connectivity index (χ4n) is 2.23. The van der Waals surface area contributed by atoms with E-state index in [2.05, 4.69) is 0 Å². The molecule has 1 aromatic rings. The van der Waals surface area contributed by atoms with Crippen molar-refractivity contribution in [3.8, 4) is 0 Å². The van der Waals surface area contributed by atoms with Gasteiger partial charge < -0.3 is 10.0 Å². The van der Waals surface area contributed by atoms with Crippen LogP contribution in [0.25, 0.3) is 0 Å². The maximum Gasteiger partial charge on any atom is 0.326 e. The molecule has 0 saturated carbocycles. The van der Waals surface area contributed by atoms with Gasteiger partial charge in [-0.1, -0.05) is 17.7 Å². The topological polar surface area (TPSA) is 83.7 Å². The number of rotatable bonds is 3. The maximum atomic E-state index is 11.1. The highest BCUT2D eigenvalue weighted by atomic mass is 35.5. The fraction of sp³-hybridized carbons (Fsp3) is 0.364. The van der Waals surface area contributed by atoms with Gasteiger partial charge in [0.15, 0.2) is 0 Å². The SMILES string of the molecule is O=C(O)[C@@H]1CCCN1c1c(Cl)cccc1[N+](=O)[O-]. The zero-order valence-corrected chi connectivity index (χ0v) is 10.1. The van der Waals surface area contributed by atoms with E-state index in [1.54, 1.807) is 0 Å². The number of carboxylic acid groups (broad SMARTS) is 1. The first kappa shape index (κ1) is 12.6. The number of anilines is 1. The number of carboxylic acids is 1. The van der Waals surface area contributed by atoms with E-state index >= 15 is 0 Å². The van der Waals surface area contributed by atoms with Crippen molar-refractivity contribution in [2.24, 2.45) is 0 Å². The van der Waals surface area contributed by atoms with Gasteiger partial charge in [0.25, 0.3) is 5.69 Å². The predicted molar refractivity (Wildman–Crippen MR) is 66.1 cm³/mol. The highest BCUT2D eigenvalue weighted by Crippen LogP contribution is 2.39. The summed E-state index contributed by atoms with van der Waals surface area (Å²) in [5.41, 5.74) is 0.0460. The van der Waals surface area contributed by atoms with Crippen LogP contribution in [0.15, 0.2) is 18.2 Å². The summed E-state index contributed by atoms with van der Waals surface area (Å²) in [5, 5.41) is 20.3. The minimum absolute atomic E-state index is 0.157. The Labute approximate surface area is 108 Å². The minimum Gasteiger partial charge on any atom is -0.480 e. The highest BCUT2D eigenvalue weighted by molar-refractivity contribution is 6.33. The monoisotopic (exact) mass is 270 g/mol. The van der Waals surface area contributed by atoms with Crippen LogP contribution in [0.3, 0.4) is 0 Å². The molecule has 1 aromatic carbocycles. The van der Waals surface area contributed by atoms with E-state index in [0.717, 1.165) is 0 Å². The van der Waals surface area contributed by atoms with Crippen LogP contribution >= 0.6 is 11.6 Å². The lowest BCUT2D eigenvalue weighted by Gasteiger charge is -2.24. The summed E-state index contributed by atoms with van der Waals surface area (Å²) < 4.78 is 0. The largest absolute Gasteiger partial charge is 0.480 e. The van der Waals surface area contributed by atoms with Crippen molar-refractivity contribution < 1.29 is 14.8 Å². The maximum absolute atomic E-state index is 11.1. The summed E-state index contributed by atoms with van der Waals surface area (Å²) in [6.45, 7) is 0.460. The number of hydrogen-bond donors (Lipinski definition) is 1. The van der Waals surface area contributed by atoms with Gasteiger partial charge in [-0.2, -0.15) is 0 Å². The lowest BCUT2D eigenvalue weighted by Crippen LogP contribution is -2.36. The zero-order chi connectivity index (χ0) is 13.3. The smallest absolute Gasteiger partial charge is 0.326 e. The van der Waals surface area contributed by atoms with E-state index < -0.39 is 16.9 Å². The van der Waals surface area contributed by atoms with Gasteiger partial charge in [0.05, 0.1) is 9.95 Å². The molecule has 1 heterocycles. The minimum atomic E-state index is -0.985. The van der Waals surface area contributed by atoms with E-state index in [1.165, 1.54) is 23.1 Å². The Bertz CT molecular complexity index is 506. The Kier molecular flexibility index (Phi) is 3.38. The van der Waals surface area contributed by atoms with E-state index in [1.807, 2.05) is 0 Å². The van der Waals surface area contributed by atoms with Crippen LogP contribution in [-0.2, 0) is 4.79 Å². The number of carbonyl (C=O) groups is 1. The number of hydrogen-bond acceptors (Lipinski definition) is 4. The van der Waals surface area contributed by atoms with Crippen LogP contribution in [0, 0.1) is 10.1 Å². The number of benzene rings is 1. The van der Waals surface area contributed by atoms with Crippen molar-refractivity contribution in [2.75, 3.05) is 11.4 Å². The third kappa shape index (κ3) is 2.11. The quantitative estimate of drug-likeness (QED) is 0.673. The molecule has 0 aromatic heterocycles. The van der Waals surface area contributed by atoms with Gasteiger partial charge in [0.2, 0.25) is 0 Å². The van der Waals surface area contributed by atoms with E-state index in [-0.39, 0.29) is 16.4 Å². The highest BCUT2D eigenvalue weighted by Gasteiger charge is 2.35. The third-order valence-corrected chi connectivity index (χ3v) is 3.29. The van der Waals surface area contributed by atoms with Crippen LogP contribution in [0.5, 0.6) is 0 Å². The average molecular weight is 271 g/mol. The van der Waals surface area contributed by atoms with E-state index in [9.17, 15) is 14.9 Å². The van der Waals surface area contributed by atoms with Crippen molar-refractivity contribution in [3.05, 3.63) is 33.3 Å². The van der Waals surface area contributed by atoms with Crippen molar-refractivity contribution in [2.45, 2.75) is 18.9 Å². The lowest BCUT2D eigenvalue weighted by atomic mass is 10.2. The summed E-state index contributed by atoms with van der Waals surface area (Å²) >= 11 is 5.98. The fourth-order valence-corrected chi connectivity index (χ4v) is 2.50.